The molecule has 0 aliphatic rings. The Morgan fingerprint density at radius 3 is 1.68 bits per heavy atom. The Morgan fingerprint density at radius 1 is 0.705 bits per heavy atom. The summed E-state index contributed by atoms with van der Waals surface area (Å²) >= 11 is 0. The van der Waals surface area contributed by atoms with Crippen molar-refractivity contribution in [2.24, 2.45) is 5.41 Å². The second kappa shape index (κ2) is 16.8. The zero-order chi connectivity index (χ0) is 33.0. The number of allylic oxidation sites excluding steroid dienone is 1. The van der Waals surface area contributed by atoms with Gasteiger partial charge >= 0.3 is 5.97 Å². The third-order valence-corrected chi connectivity index (χ3v) is 8.00. The lowest BCUT2D eigenvalue weighted by Crippen LogP contribution is -2.32. The van der Waals surface area contributed by atoms with Crippen molar-refractivity contribution in [2.75, 3.05) is 13.2 Å². The average Bonchev–Trinajstić information content (AvgIpc) is 2.96. The summed E-state index contributed by atoms with van der Waals surface area (Å²) in [6.07, 6.45) is 6.97. The molecule has 0 radical (unpaired) electrons. The maximum absolute atomic E-state index is 12.4. The third-order valence-electron chi connectivity index (χ3n) is 8.00. The monoisotopic (exact) mass is 608 g/mol. The molecule has 2 rings (SSSR count). The first-order chi connectivity index (χ1) is 20.6. The van der Waals surface area contributed by atoms with Crippen LogP contribution in [-0.4, -0.2) is 42.8 Å². The van der Waals surface area contributed by atoms with Crippen LogP contribution >= 0.6 is 0 Å². The van der Waals surface area contributed by atoms with E-state index < -0.39 is 17.5 Å². The molecule has 2 aromatic carbocycles. The highest BCUT2D eigenvalue weighted by atomic mass is 16.6. The minimum Gasteiger partial charge on any atom is -0.491 e. The molecule has 0 N–H and O–H groups in total. The number of unbranched alkanes of at least 4 members (excludes halogenated alkanes) is 1. The van der Waals surface area contributed by atoms with Crippen LogP contribution in [0.1, 0.15) is 112 Å². The average molecular weight is 609 g/mol. The van der Waals surface area contributed by atoms with E-state index in [1.54, 1.807) is 6.92 Å². The summed E-state index contributed by atoms with van der Waals surface area (Å²) in [6, 6.07) is 16.2. The van der Waals surface area contributed by atoms with Crippen LogP contribution in [0.3, 0.4) is 0 Å². The SMILES string of the molecule is CCCCC(C)(C)C(=O)/C=C/C(=O)OC(C)COc1ccc(C(C)(C)c2ccc(OCC(C)OC(C)(C)CCC)cc2)cc1. The molecule has 2 aromatic rings. The lowest BCUT2D eigenvalue weighted by Gasteiger charge is -2.29. The first-order valence-electron chi connectivity index (χ1n) is 16.2. The van der Waals surface area contributed by atoms with Gasteiger partial charge < -0.3 is 18.9 Å². The number of hydrogen-bond donors (Lipinski definition) is 0. The van der Waals surface area contributed by atoms with Crippen LogP contribution in [0.5, 0.6) is 11.5 Å². The predicted octanol–water partition coefficient (Wildman–Crippen LogP) is 9.03. The molecule has 0 aromatic heterocycles. The molecule has 0 saturated carbocycles. The maximum atomic E-state index is 12.4. The molecule has 44 heavy (non-hydrogen) atoms. The van der Waals surface area contributed by atoms with Crippen LogP contribution < -0.4 is 9.47 Å². The van der Waals surface area contributed by atoms with Crippen molar-refractivity contribution in [1.82, 2.24) is 0 Å². The molecule has 244 valence electrons. The molecule has 6 heteroatoms. The van der Waals surface area contributed by atoms with Crippen molar-refractivity contribution in [2.45, 2.75) is 125 Å². The second-order valence-electron chi connectivity index (χ2n) is 13.7. The van der Waals surface area contributed by atoms with Crippen molar-refractivity contribution in [3.05, 3.63) is 71.8 Å². The van der Waals surface area contributed by atoms with E-state index in [1.165, 1.54) is 17.7 Å². The number of rotatable bonds is 19. The van der Waals surface area contributed by atoms with Gasteiger partial charge in [0.15, 0.2) is 5.78 Å². The third kappa shape index (κ3) is 12.1. The summed E-state index contributed by atoms with van der Waals surface area (Å²) in [4.78, 5) is 24.7. The van der Waals surface area contributed by atoms with E-state index in [9.17, 15) is 9.59 Å². The molecule has 0 aliphatic heterocycles. The highest BCUT2D eigenvalue weighted by Gasteiger charge is 2.26. The second-order valence-corrected chi connectivity index (χ2v) is 13.7. The fourth-order valence-electron chi connectivity index (χ4n) is 5.15. The van der Waals surface area contributed by atoms with Crippen molar-refractivity contribution in [3.63, 3.8) is 0 Å². The number of hydrogen-bond acceptors (Lipinski definition) is 6. The van der Waals surface area contributed by atoms with Gasteiger partial charge in [-0.1, -0.05) is 85.1 Å². The van der Waals surface area contributed by atoms with Crippen LogP contribution in [0.2, 0.25) is 0 Å². The summed E-state index contributed by atoms with van der Waals surface area (Å²) in [5.74, 6) is 0.900. The lowest BCUT2D eigenvalue weighted by molar-refractivity contribution is -0.143. The number of carbonyl (C=O) groups excluding carboxylic acids is 2. The minimum absolute atomic E-state index is 0.00342. The molecule has 0 fully saturated rings. The Balaban J connectivity index is 1.87. The van der Waals surface area contributed by atoms with Gasteiger partial charge in [-0.25, -0.2) is 4.79 Å². The summed E-state index contributed by atoms with van der Waals surface area (Å²) in [5.41, 5.74) is 1.46. The standard InChI is InChI=1S/C38H56O6/c1-11-13-25-36(5,6)34(39)22-23-35(40)43-28(3)26-41-32-18-14-30(15-19-32)38(9,10)31-16-20-33(21-17-31)42-27-29(4)44-37(7,8)24-12-2/h14-23,28-29H,11-13,24-27H2,1-10H3/b23-22+. The maximum Gasteiger partial charge on any atom is 0.331 e. The van der Waals surface area contributed by atoms with Crippen LogP contribution in [-0.2, 0) is 24.5 Å². The van der Waals surface area contributed by atoms with Gasteiger partial charge in [0.1, 0.15) is 30.8 Å². The Hall–Kier alpha value is -3.12. The highest BCUT2D eigenvalue weighted by Crippen LogP contribution is 2.33. The Bertz CT molecular complexity index is 1190. The summed E-state index contributed by atoms with van der Waals surface area (Å²) in [5, 5.41) is 0. The van der Waals surface area contributed by atoms with Gasteiger partial charge in [0, 0.05) is 16.9 Å². The van der Waals surface area contributed by atoms with Gasteiger partial charge in [0.2, 0.25) is 0 Å². The quantitative estimate of drug-likeness (QED) is 0.117. The van der Waals surface area contributed by atoms with E-state index in [0.717, 1.165) is 43.4 Å². The van der Waals surface area contributed by atoms with Crippen molar-refractivity contribution >= 4 is 11.8 Å². The van der Waals surface area contributed by atoms with E-state index in [4.69, 9.17) is 18.9 Å². The van der Waals surface area contributed by atoms with Gasteiger partial charge in [-0.05, 0) is 82.0 Å². The van der Waals surface area contributed by atoms with Gasteiger partial charge in [0.05, 0.1) is 11.7 Å². The van der Waals surface area contributed by atoms with Crippen LogP contribution in [0, 0.1) is 5.41 Å². The molecule has 0 amide bonds. The van der Waals surface area contributed by atoms with Gasteiger partial charge in [-0.3, -0.25) is 4.79 Å². The minimum atomic E-state index is -0.548. The zero-order valence-corrected chi connectivity index (χ0v) is 28.8. The first kappa shape index (κ1) is 37.1. The van der Waals surface area contributed by atoms with Gasteiger partial charge in [-0.15, -0.1) is 0 Å². The molecule has 0 bridgehead atoms. The van der Waals surface area contributed by atoms with Crippen molar-refractivity contribution in [3.8, 4) is 11.5 Å². The van der Waals surface area contributed by atoms with E-state index in [0.29, 0.717) is 12.4 Å². The molecule has 0 aliphatic carbocycles. The van der Waals surface area contributed by atoms with E-state index in [-0.39, 0.29) is 29.5 Å². The molecular weight excluding hydrogens is 552 g/mol. The Morgan fingerprint density at radius 2 is 1.20 bits per heavy atom. The number of esters is 1. The fraction of sp³-hybridized carbons (Fsp3) is 0.579. The number of benzene rings is 2. The number of carbonyl (C=O) groups is 2. The largest absolute Gasteiger partial charge is 0.491 e. The Labute approximate surface area is 266 Å². The van der Waals surface area contributed by atoms with Gasteiger partial charge in [0.25, 0.3) is 0 Å². The molecule has 2 unspecified atom stereocenters. The number of ether oxygens (including phenoxy) is 4. The number of ketones is 1. The summed E-state index contributed by atoms with van der Waals surface area (Å²) in [7, 11) is 0. The lowest BCUT2D eigenvalue weighted by atomic mass is 9.78. The molecule has 0 heterocycles. The normalized spacial score (nSPS) is 13.9. The first-order valence-corrected chi connectivity index (χ1v) is 16.2. The molecule has 2 atom stereocenters. The smallest absolute Gasteiger partial charge is 0.331 e. The Kier molecular flexibility index (Phi) is 14.2. The predicted molar refractivity (Wildman–Crippen MR) is 179 cm³/mol. The molecule has 0 saturated heterocycles. The molecule has 6 nitrogen and oxygen atoms in total. The van der Waals surface area contributed by atoms with E-state index in [1.807, 2.05) is 45.0 Å². The van der Waals surface area contributed by atoms with Crippen LogP contribution in [0.15, 0.2) is 60.7 Å². The van der Waals surface area contributed by atoms with Crippen LogP contribution in [0.25, 0.3) is 0 Å². The van der Waals surface area contributed by atoms with Crippen molar-refractivity contribution < 1.29 is 28.5 Å². The highest BCUT2D eigenvalue weighted by molar-refractivity contribution is 5.98. The molecule has 0 spiro atoms. The van der Waals surface area contributed by atoms with E-state index >= 15 is 0 Å². The van der Waals surface area contributed by atoms with Crippen molar-refractivity contribution in [1.29, 1.82) is 0 Å². The van der Waals surface area contributed by atoms with Gasteiger partial charge in [-0.2, -0.15) is 0 Å². The topological polar surface area (TPSA) is 71.1 Å². The van der Waals surface area contributed by atoms with Crippen LogP contribution in [0.4, 0.5) is 0 Å². The summed E-state index contributed by atoms with van der Waals surface area (Å²) in [6.45, 7) is 21.2. The van der Waals surface area contributed by atoms with E-state index in [2.05, 4.69) is 65.8 Å². The summed E-state index contributed by atoms with van der Waals surface area (Å²) < 4.78 is 23.4. The zero-order valence-electron chi connectivity index (χ0n) is 28.8. The fourth-order valence-corrected chi connectivity index (χ4v) is 5.15. The molecular formula is C38H56O6.